The molecule has 0 bridgehead atoms. The van der Waals surface area contributed by atoms with Crippen molar-refractivity contribution in [3.05, 3.63) is 57.8 Å². The SMILES string of the molecule is O=C(O)C(F)(F)F.O=C(O)C(F)(F)F.c1csc(CN2C[C@H]3[C@@H](C2)c2ccccc2[C@@H]3N2CCOCC2)c1. The van der Waals surface area contributed by atoms with Gasteiger partial charge in [-0.2, -0.15) is 26.3 Å². The molecule has 0 spiro atoms. The van der Waals surface area contributed by atoms with Gasteiger partial charge in [0.2, 0.25) is 0 Å². The molecule has 3 aliphatic rings. The number of benzene rings is 1. The highest BCUT2D eigenvalue weighted by Gasteiger charge is 2.48. The first-order valence-electron chi connectivity index (χ1n) is 11.5. The maximum atomic E-state index is 10.6. The minimum absolute atomic E-state index is 0.587. The van der Waals surface area contributed by atoms with Gasteiger partial charge in [-0.15, -0.1) is 11.3 Å². The molecule has 1 aromatic heterocycles. The molecule has 210 valence electrons. The Morgan fingerprint density at radius 2 is 1.45 bits per heavy atom. The smallest absolute Gasteiger partial charge is 0.475 e. The number of halogens is 6. The summed E-state index contributed by atoms with van der Waals surface area (Å²) in [4.78, 5) is 24.6. The molecule has 3 heterocycles. The number of nitrogens with zero attached hydrogens (tertiary/aromatic N) is 2. The third-order valence-electron chi connectivity index (χ3n) is 6.44. The molecule has 2 N–H and O–H groups in total. The quantitative estimate of drug-likeness (QED) is 0.523. The zero-order chi connectivity index (χ0) is 28.1. The molecule has 2 fully saturated rings. The lowest BCUT2D eigenvalue weighted by Gasteiger charge is -2.36. The Morgan fingerprint density at radius 3 is 1.95 bits per heavy atom. The van der Waals surface area contributed by atoms with Crippen LogP contribution in [0, 0.1) is 5.92 Å². The monoisotopic (exact) mass is 568 g/mol. The normalized spacial score (nSPS) is 23.4. The standard InChI is InChI=1S/C20H24N2OS.2C2HF3O2/c1-2-6-17-16(5-1)18-13-21(12-15-4-3-11-24-15)14-19(18)20(17)22-7-9-23-10-8-22;2*3-2(4,5)1(6)7/h1-6,11,18-20H,7-10,12-14H2;2*(H,6,7)/t18-,19-,20-;;/m0../s1. The molecule has 38 heavy (non-hydrogen) atoms. The van der Waals surface area contributed by atoms with Crippen LogP contribution < -0.4 is 0 Å². The zero-order valence-corrected chi connectivity index (χ0v) is 20.7. The lowest BCUT2D eigenvalue weighted by Crippen LogP contribution is -2.41. The van der Waals surface area contributed by atoms with Crippen LogP contribution in [0.1, 0.15) is 28.0 Å². The lowest BCUT2D eigenvalue weighted by atomic mass is 9.93. The summed E-state index contributed by atoms with van der Waals surface area (Å²) >= 11 is 1.88. The molecule has 0 amide bonds. The van der Waals surface area contributed by atoms with E-state index < -0.39 is 24.3 Å². The third-order valence-corrected chi connectivity index (χ3v) is 7.31. The van der Waals surface area contributed by atoms with E-state index in [0.29, 0.717) is 12.0 Å². The van der Waals surface area contributed by atoms with Crippen LogP contribution >= 0.6 is 11.3 Å². The Bertz CT molecular complexity index is 1050. The summed E-state index contributed by atoms with van der Waals surface area (Å²) in [5.74, 6) is -4.07. The Hall–Kier alpha value is -2.68. The number of fused-ring (bicyclic) bond motifs is 3. The molecule has 1 aromatic carbocycles. The van der Waals surface area contributed by atoms with Gasteiger partial charge in [-0.05, 0) is 28.5 Å². The molecule has 5 rings (SSSR count). The third kappa shape index (κ3) is 7.68. The van der Waals surface area contributed by atoms with E-state index in [0.717, 1.165) is 38.8 Å². The molecule has 0 radical (unpaired) electrons. The van der Waals surface area contributed by atoms with Gasteiger partial charge in [0, 0.05) is 49.6 Å². The highest BCUT2D eigenvalue weighted by Crippen LogP contribution is 2.52. The number of carbonyl (C=O) groups is 2. The van der Waals surface area contributed by atoms with Crippen molar-refractivity contribution in [2.75, 3.05) is 39.4 Å². The van der Waals surface area contributed by atoms with Crippen LogP contribution in [0.3, 0.4) is 0 Å². The molecule has 2 saturated heterocycles. The summed E-state index contributed by atoms with van der Waals surface area (Å²) < 4.78 is 69.1. The number of thiophene rings is 1. The summed E-state index contributed by atoms with van der Waals surface area (Å²) in [5, 5.41) is 16.4. The van der Waals surface area contributed by atoms with Crippen molar-refractivity contribution in [2.24, 2.45) is 5.92 Å². The molecular formula is C24H26F6N2O5S. The number of rotatable bonds is 3. The van der Waals surface area contributed by atoms with Gasteiger partial charge in [0.05, 0.1) is 13.2 Å². The zero-order valence-electron chi connectivity index (χ0n) is 19.9. The maximum absolute atomic E-state index is 10.6. The molecule has 0 saturated carbocycles. The van der Waals surface area contributed by atoms with Gasteiger partial charge in [0.1, 0.15) is 0 Å². The Balaban J connectivity index is 0.000000239. The van der Waals surface area contributed by atoms with Gasteiger partial charge >= 0.3 is 24.3 Å². The summed E-state index contributed by atoms with van der Waals surface area (Å²) in [5.41, 5.74) is 3.19. The summed E-state index contributed by atoms with van der Waals surface area (Å²) in [6, 6.07) is 14.2. The lowest BCUT2D eigenvalue weighted by molar-refractivity contribution is -0.193. The number of ether oxygens (including phenoxy) is 1. The van der Waals surface area contributed by atoms with E-state index in [2.05, 4.69) is 51.6 Å². The number of carboxylic acid groups (broad SMARTS) is 2. The second-order valence-corrected chi connectivity index (χ2v) is 9.90. The van der Waals surface area contributed by atoms with Crippen molar-refractivity contribution < 1.29 is 50.9 Å². The number of carboxylic acids is 2. The van der Waals surface area contributed by atoms with Crippen molar-refractivity contribution in [2.45, 2.75) is 30.9 Å². The van der Waals surface area contributed by atoms with Gasteiger partial charge in [-0.1, -0.05) is 30.3 Å². The first kappa shape index (κ1) is 29.9. The van der Waals surface area contributed by atoms with E-state index in [-0.39, 0.29) is 0 Å². The fraction of sp³-hybridized carbons (Fsp3) is 0.500. The highest BCUT2D eigenvalue weighted by molar-refractivity contribution is 7.09. The molecule has 7 nitrogen and oxygen atoms in total. The van der Waals surface area contributed by atoms with E-state index in [9.17, 15) is 26.3 Å². The number of aliphatic carboxylic acids is 2. The number of hydrogen-bond donors (Lipinski definition) is 2. The van der Waals surface area contributed by atoms with Crippen LogP contribution in [0.4, 0.5) is 26.3 Å². The molecule has 14 heteroatoms. The van der Waals surface area contributed by atoms with E-state index >= 15 is 0 Å². The van der Waals surface area contributed by atoms with Crippen LogP contribution in [0.5, 0.6) is 0 Å². The number of hydrogen-bond acceptors (Lipinski definition) is 6. The van der Waals surface area contributed by atoms with E-state index in [4.69, 9.17) is 24.5 Å². The highest BCUT2D eigenvalue weighted by atomic mass is 32.1. The van der Waals surface area contributed by atoms with E-state index in [1.165, 1.54) is 18.0 Å². The van der Waals surface area contributed by atoms with Crippen LogP contribution in [-0.4, -0.2) is 83.7 Å². The van der Waals surface area contributed by atoms with Crippen molar-refractivity contribution in [1.29, 1.82) is 0 Å². The fourth-order valence-corrected chi connectivity index (χ4v) is 5.73. The first-order chi connectivity index (χ1) is 17.8. The van der Waals surface area contributed by atoms with Crippen LogP contribution in [0.2, 0.25) is 0 Å². The minimum atomic E-state index is -5.08. The van der Waals surface area contributed by atoms with Gasteiger partial charge in [0.15, 0.2) is 0 Å². The van der Waals surface area contributed by atoms with Crippen LogP contribution in [0.15, 0.2) is 41.8 Å². The summed E-state index contributed by atoms with van der Waals surface area (Å²) in [6.45, 7) is 7.46. The van der Waals surface area contributed by atoms with Crippen molar-refractivity contribution in [1.82, 2.24) is 9.80 Å². The van der Waals surface area contributed by atoms with E-state index in [1.54, 1.807) is 11.1 Å². The van der Waals surface area contributed by atoms with Gasteiger partial charge < -0.3 is 14.9 Å². The molecule has 2 aromatic rings. The van der Waals surface area contributed by atoms with Gasteiger partial charge in [-0.3, -0.25) is 9.80 Å². The first-order valence-corrected chi connectivity index (χ1v) is 12.4. The average Bonchev–Trinajstić information content (AvgIpc) is 3.56. The minimum Gasteiger partial charge on any atom is -0.475 e. The van der Waals surface area contributed by atoms with Gasteiger partial charge in [0.25, 0.3) is 0 Å². The van der Waals surface area contributed by atoms with Crippen molar-refractivity contribution in [3.63, 3.8) is 0 Å². The number of likely N-dealkylation sites (tertiary alicyclic amines) is 1. The average molecular weight is 569 g/mol. The predicted octanol–water partition coefficient (Wildman–Crippen LogP) is 4.62. The number of morpholine rings is 1. The van der Waals surface area contributed by atoms with Crippen molar-refractivity contribution in [3.8, 4) is 0 Å². The van der Waals surface area contributed by atoms with Crippen molar-refractivity contribution >= 4 is 23.3 Å². The summed E-state index contributed by atoms with van der Waals surface area (Å²) in [6.07, 6.45) is -10.2. The van der Waals surface area contributed by atoms with Gasteiger partial charge in [-0.25, -0.2) is 9.59 Å². The van der Waals surface area contributed by atoms with Crippen LogP contribution in [-0.2, 0) is 20.9 Å². The number of alkyl halides is 6. The molecule has 1 aliphatic carbocycles. The summed E-state index contributed by atoms with van der Waals surface area (Å²) in [7, 11) is 0. The Morgan fingerprint density at radius 1 is 0.895 bits per heavy atom. The molecular weight excluding hydrogens is 542 g/mol. The second kappa shape index (κ2) is 12.5. The second-order valence-electron chi connectivity index (χ2n) is 8.87. The van der Waals surface area contributed by atoms with E-state index in [1.807, 2.05) is 11.3 Å². The fourth-order valence-electron chi connectivity index (χ4n) is 4.99. The largest absolute Gasteiger partial charge is 0.490 e. The molecule has 0 unspecified atom stereocenters. The Kier molecular flexibility index (Phi) is 9.79. The molecule has 3 atom stereocenters. The topological polar surface area (TPSA) is 90.3 Å². The Labute approximate surface area is 218 Å². The molecule has 2 aliphatic heterocycles. The van der Waals surface area contributed by atoms with Crippen LogP contribution in [0.25, 0.3) is 0 Å². The maximum Gasteiger partial charge on any atom is 0.490 e. The predicted molar refractivity (Wildman–Crippen MR) is 125 cm³/mol.